The van der Waals surface area contributed by atoms with Crippen LogP contribution in [0, 0.1) is 17.6 Å². The van der Waals surface area contributed by atoms with Crippen molar-refractivity contribution < 1.29 is 13.6 Å². The van der Waals surface area contributed by atoms with Crippen molar-refractivity contribution in [2.24, 2.45) is 18.1 Å². The molecule has 1 fully saturated rings. The minimum absolute atomic E-state index is 0.00897. The maximum atomic E-state index is 13.6. The van der Waals surface area contributed by atoms with E-state index in [1.54, 1.807) is 40.2 Å². The molecule has 1 aliphatic heterocycles. The molecule has 9 heteroatoms. The summed E-state index contributed by atoms with van der Waals surface area (Å²) < 4.78 is 28.8. The molecule has 0 spiro atoms. The number of hydrogen-bond acceptors (Lipinski definition) is 5. The second-order valence-corrected chi connectivity index (χ2v) is 9.40. The molecule has 2 unspecified atom stereocenters. The zero-order valence-corrected chi connectivity index (χ0v) is 19.4. The van der Waals surface area contributed by atoms with E-state index in [2.05, 4.69) is 10.2 Å². The first-order valence-electron chi connectivity index (χ1n) is 11.1. The number of hydrogen-bond donors (Lipinski definition) is 0. The average Bonchev–Trinajstić information content (AvgIpc) is 3.43. The standard InChI is InChI=1S/C25H23F2N5OS/c1-31-15-28-29-25(31)34-14-22(33)32-24(17-7-11-20(27)12-8-17)21-4-2-3-18(23(21)30-32)13-16-5-9-19(26)10-6-16/h5-13,15,21,24H,2-4,14H2,1H3/b18-13-. The molecule has 2 aromatic carbocycles. The van der Waals surface area contributed by atoms with Gasteiger partial charge in [-0.2, -0.15) is 5.10 Å². The Morgan fingerprint density at radius 2 is 1.82 bits per heavy atom. The van der Waals surface area contributed by atoms with Crippen LogP contribution in [0.15, 0.2) is 70.7 Å². The molecule has 2 aliphatic rings. The van der Waals surface area contributed by atoms with E-state index in [1.165, 1.54) is 36.0 Å². The van der Waals surface area contributed by atoms with E-state index < -0.39 is 0 Å². The van der Waals surface area contributed by atoms with Gasteiger partial charge in [0.2, 0.25) is 0 Å². The third-order valence-electron chi connectivity index (χ3n) is 6.17. The number of amides is 1. The van der Waals surface area contributed by atoms with Crippen LogP contribution in [0.3, 0.4) is 0 Å². The van der Waals surface area contributed by atoms with Gasteiger partial charge in [-0.1, -0.05) is 36.0 Å². The fraction of sp³-hybridized carbons (Fsp3) is 0.280. The highest BCUT2D eigenvalue weighted by Gasteiger charge is 2.43. The first kappa shape index (κ1) is 22.5. The molecule has 34 heavy (non-hydrogen) atoms. The van der Waals surface area contributed by atoms with Crippen LogP contribution in [0.2, 0.25) is 0 Å². The van der Waals surface area contributed by atoms with Crippen LogP contribution in [-0.4, -0.2) is 37.1 Å². The van der Waals surface area contributed by atoms with Crippen LogP contribution in [0.4, 0.5) is 8.78 Å². The van der Waals surface area contributed by atoms with Gasteiger partial charge in [-0.3, -0.25) is 4.79 Å². The van der Waals surface area contributed by atoms with Crippen LogP contribution in [0.1, 0.15) is 36.4 Å². The average molecular weight is 480 g/mol. The van der Waals surface area contributed by atoms with Gasteiger partial charge in [0.15, 0.2) is 5.16 Å². The summed E-state index contributed by atoms with van der Waals surface area (Å²) in [6, 6.07) is 12.3. The number of aromatic nitrogens is 3. The van der Waals surface area contributed by atoms with Gasteiger partial charge in [0, 0.05) is 13.0 Å². The lowest BCUT2D eigenvalue weighted by Gasteiger charge is -2.29. The molecule has 3 aromatic rings. The Balaban J connectivity index is 1.47. The van der Waals surface area contributed by atoms with Gasteiger partial charge >= 0.3 is 0 Å². The summed E-state index contributed by atoms with van der Waals surface area (Å²) in [5.41, 5.74) is 3.67. The summed E-state index contributed by atoms with van der Waals surface area (Å²) in [7, 11) is 1.82. The molecule has 174 valence electrons. The molecule has 2 heterocycles. The van der Waals surface area contributed by atoms with Gasteiger partial charge in [-0.15, -0.1) is 10.2 Å². The summed E-state index contributed by atoms with van der Waals surface area (Å²) in [5.74, 6) is -0.584. The normalized spacial score (nSPS) is 21.0. The number of carbonyl (C=O) groups is 1. The maximum Gasteiger partial charge on any atom is 0.253 e. The van der Waals surface area contributed by atoms with E-state index >= 15 is 0 Å². The highest BCUT2D eigenvalue weighted by Crippen LogP contribution is 2.44. The second-order valence-electron chi connectivity index (χ2n) is 8.45. The Kier molecular flexibility index (Phi) is 6.28. The molecule has 1 amide bonds. The smallest absolute Gasteiger partial charge is 0.253 e. The van der Waals surface area contributed by atoms with Crippen LogP contribution in [0.25, 0.3) is 6.08 Å². The Hall–Kier alpha value is -3.33. The van der Waals surface area contributed by atoms with Crippen molar-refractivity contribution in [3.05, 3.63) is 83.2 Å². The number of nitrogens with zero attached hydrogens (tertiary/aromatic N) is 5. The van der Waals surface area contributed by atoms with Crippen molar-refractivity contribution >= 4 is 29.5 Å². The molecule has 2 atom stereocenters. The lowest BCUT2D eigenvalue weighted by Crippen LogP contribution is -2.32. The number of allylic oxidation sites excluding steroid dienone is 1. The van der Waals surface area contributed by atoms with E-state index in [0.717, 1.165) is 41.7 Å². The first-order valence-corrected chi connectivity index (χ1v) is 12.1. The van der Waals surface area contributed by atoms with Gasteiger partial charge in [0.05, 0.1) is 17.5 Å². The van der Waals surface area contributed by atoms with Crippen molar-refractivity contribution in [3.63, 3.8) is 0 Å². The van der Waals surface area contributed by atoms with E-state index in [1.807, 2.05) is 13.1 Å². The molecule has 1 saturated carbocycles. The molecule has 1 aromatic heterocycles. The molecule has 0 N–H and O–H groups in total. The highest BCUT2D eigenvalue weighted by molar-refractivity contribution is 7.99. The predicted molar refractivity (Wildman–Crippen MR) is 127 cm³/mol. The number of halogens is 2. The van der Waals surface area contributed by atoms with Crippen LogP contribution in [0.5, 0.6) is 0 Å². The van der Waals surface area contributed by atoms with Gasteiger partial charge in [-0.25, -0.2) is 13.8 Å². The molecule has 5 rings (SSSR count). The minimum Gasteiger partial charge on any atom is -0.312 e. The van der Waals surface area contributed by atoms with Crippen molar-refractivity contribution in [2.45, 2.75) is 30.5 Å². The van der Waals surface area contributed by atoms with Crippen LogP contribution in [-0.2, 0) is 11.8 Å². The van der Waals surface area contributed by atoms with E-state index in [9.17, 15) is 13.6 Å². The van der Waals surface area contributed by atoms with Crippen molar-refractivity contribution in [1.29, 1.82) is 0 Å². The summed E-state index contributed by atoms with van der Waals surface area (Å²) in [4.78, 5) is 13.4. The van der Waals surface area contributed by atoms with Crippen molar-refractivity contribution in [2.75, 3.05) is 5.75 Å². The topological polar surface area (TPSA) is 63.4 Å². The first-order chi connectivity index (χ1) is 16.5. The summed E-state index contributed by atoms with van der Waals surface area (Å²) >= 11 is 1.31. The molecule has 0 bridgehead atoms. The molecule has 6 nitrogen and oxygen atoms in total. The number of hydrazone groups is 1. The SMILES string of the molecule is Cn1cnnc1SCC(=O)N1N=C2/C(=C\c3ccc(F)cc3)CCCC2C1c1ccc(F)cc1. The molecule has 0 saturated heterocycles. The van der Waals surface area contributed by atoms with Crippen LogP contribution < -0.4 is 0 Å². The summed E-state index contributed by atoms with van der Waals surface area (Å²) in [6.07, 6.45) is 6.27. The van der Waals surface area contributed by atoms with E-state index in [4.69, 9.17) is 5.10 Å². The van der Waals surface area contributed by atoms with Gasteiger partial charge in [0.1, 0.15) is 18.0 Å². The van der Waals surface area contributed by atoms with Gasteiger partial charge in [0.25, 0.3) is 5.91 Å². The molecular weight excluding hydrogens is 456 g/mol. The zero-order chi connectivity index (χ0) is 23.7. The van der Waals surface area contributed by atoms with Crippen molar-refractivity contribution in [3.8, 4) is 0 Å². The fourth-order valence-corrected chi connectivity index (χ4v) is 5.30. The van der Waals surface area contributed by atoms with E-state index in [-0.39, 0.29) is 35.3 Å². The number of thioether (sulfide) groups is 1. The number of aryl methyl sites for hydroxylation is 1. The number of benzene rings is 2. The highest BCUT2D eigenvalue weighted by atomic mass is 32.2. The number of carbonyl (C=O) groups excluding carboxylic acids is 1. The van der Waals surface area contributed by atoms with Gasteiger partial charge in [-0.05, 0) is 66.3 Å². The molecular formula is C25H23F2N5OS. The number of rotatable bonds is 5. The monoisotopic (exact) mass is 479 g/mol. The fourth-order valence-electron chi connectivity index (χ4n) is 4.56. The maximum absolute atomic E-state index is 13.6. The molecule has 0 radical (unpaired) electrons. The Morgan fingerprint density at radius 1 is 1.12 bits per heavy atom. The molecule has 1 aliphatic carbocycles. The summed E-state index contributed by atoms with van der Waals surface area (Å²) in [6.45, 7) is 0. The van der Waals surface area contributed by atoms with Gasteiger partial charge < -0.3 is 4.57 Å². The zero-order valence-electron chi connectivity index (χ0n) is 18.6. The third-order valence-corrected chi connectivity index (χ3v) is 7.19. The van der Waals surface area contributed by atoms with Crippen LogP contribution >= 0.6 is 11.8 Å². The van der Waals surface area contributed by atoms with E-state index in [0.29, 0.717) is 5.16 Å². The lowest BCUT2D eigenvalue weighted by molar-refractivity contribution is -0.130. The Bertz CT molecular complexity index is 1250. The Labute approximate surface area is 200 Å². The Morgan fingerprint density at radius 3 is 2.50 bits per heavy atom. The predicted octanol–water partition coefficient (Wildman–Crippen LogP) is 5.01. The number of fused-ring (bicyclic) bond motifs is 1. The third kappa shape index (κ3) is 4.52. The largest absolute Gasteiger partial charge is 0.312 e. The van der Waals surface area contributed by atoms with Crippen molar-refractivity contribution in [1.82, 2.24) is 19.8 Å². The quantitative estimate of drug-likeness (QED) is 0.483. The second kappa shape index (κ2) is 9.50. The lowest BCUT2D eigenvalue weighted by atomic mass is 9.77. The minimum atomic E-state index is -0.320. The summed E-state index contributed by atoms with van der Waals surface area (Å²) in [5, 5.41) is 14.9.